The van der Waals surface area contributed by atoms with Crippen LogP contribution in [0, 0.1) is 18.7 Å². The van der Waals surface area contributed by atoms with Gasteiger partial charge in [0.05, 0.1) is 12.0 Å². The Labute approximate surface area is 165 Å². The van der Waals surface area contributed by atoms with Crippen molar-refractivity contribution in [2.45, 2.75) is 26.3 Å². The molecule has 2 aromatic rings. The summed E-state index contributed by atoms with van der Waals surface area (Å²) in [5.74, 6) is -0.481. The third-order valence-electron chi connectivity index (χ3n) is 5.34. The summed E-state index contributed by atoms with van der Waals surface area (Å²) in [4.78, 5) is 28.7. The van der Waals surface area contributed by atoms with E-state index in [0.29, 0.717) is 19.5 Å². The average molecular weight is 383 g/mol. The first-order valence-corrected chi connectivity index (χ1v) is 9.51. The van der Waals surface area contributed by atoms with Gasteiger partial charge in [0.2, 0.25) is 5.91 Å². The predicted molar refractivity (Wildman–Crippen MR) is 108 cm³/mol. The molecule has 6 heteroatoms. The van der Waals surface area contributed by atoms with Crippen LogP contribution in [0.5, 0.6) is 0 Å². The number of benzene rings is 2. The van der Waals surface area contributed by atoms with Crippen LogP contribution in [-0.2, 0) is 4.79 Å². The summed E-state index contributed by atoms with van der Waals surface area (Å²) in [6, 6.07) is 13.6. The van der Waals surface area contributed by atoms with Gasteiger partial charge < -0.3 is 15.1 Å². The van der Waals surface area contributed by atoms with Gasteiger partial charge in [-0.05, 0) is 55.7 Å². The molecule has 5 nitrogen and oxygen atoms in total. The van der Waals surface area contributed by atoms with E-state index in [-0.39, 0.29) is 29.7 Å². The van der Waals surface area contributed by atoms with Crippen LogP contribution < -0.4 is 10.2 Å². The molecule has 0 bridgehead atoms. The Bertz CT molecular complexity index is 856. The molecule has 2 atom stereocenters. The number of carbonyl (C=O) groups is 2. The Kier molecular flexibility index (Phi) is 5.97. The molecule has 1 unspecified atom stereocenters. The third-order valence-corrected chi connectivity index (χ3v) is 5.34. The second-order valence-electron chi connectivity index (χ2n) is 7.34. The van der Waals surface area contributed by atoms with E-state index in [1.54, 1.807) is 22.9 Å². The number of rotatable bonds is 4. The molecule has 1 heterocycles. The van der Waals surface area contributed by atoms with Crippen LogP contribution in [-0.4, -0.2) is 37.0 Å². The molecule has 148 valence electrons. The second kappa shape index (κ2) is 8.42. The van der Waals surface area contributed by atoms with Gasteiger partial charge in [0.1, 0.15) is 5.82 Å². The minimum atomic E-state index is -0.289. The van der Waals surface area contributed by atoms with Crippen molar-refractivity contribution in [3.05, 3.63) is 65.5 Å². The van der Waals surface area contributed by atoms with Gasteiger partial charge in [0.25, 0.3) is 0 Å². The monoisotopic (exact) mass is 383 g/mol. The van der Waals surface area contributed by atoms with Crippen LogP contribution in [0.4, 0.5) is 14.9 Å². The van der Waals surface area contributed by atoms with Gasteiger partial charge in [-0.15, -0.1) is 0 Å². The Hall–Kier alpha value is -2.89. The molecule has 0 aliphatic carbocycles. The molecule has 2 aromatic carbocycles. The fourth-order valence-corrected chi connectivity index (χ4v) is 3.68. The van der Waals surface area contributed by atoms with Crippen LogP contribution in [0.25, 0.3) is 0 Å². The fraction of sp³-hybridized carbons (Fsp3) is 0.364. The van der Waals surface area contributed by atoms with Gasteiger partial charge in [0.15, 0.2) is 0 Å². The lowest BCUT2D eigenvalue weighted by Crippen LogP contribution is -2.41. The van der Waals surface area contributed by atoms with Gasteiger partial charge in [-0.2, -0.15) is 0 Å². The van der Waals surface area contributed by atoms with Crippen LogP contribution >= 0.6 is 0 Å². The highest BCUT2D eigenvalue weighted by Gasteiger charge is 2.33. The van der Waals surface area contributed by atoms with E-state index >= 15 is 0 Å². The van der Waals surface area contributed by atoms with Gasteiger partial charge in [-0.1, -0.05) is 24.3 Å². The molecule has 1 fully saturated rings. The van der Waals surface area contributed by atoms with Crippen molar-refractivity contribution in [3.8, 4) is 0 Å². The number of nitrogens with zero attached hydrogens (tertiary/aromatic N) is 2. The van der Waals surface area contributed by atoms with Crippen LogP contribution in [0.15, 0.2) is 48.5 Å². The first kappa shape index (κ1) is 19.9. The summed E-state index contributed by atoms with van der Waals surface area (Å²) in [7, 11) is 1.76. The molecular formula is C22H26FN3O2. The van der Waals surface area contributed by atoms with E-state index < -0.39 is 0 Å². The maximum atomic E-state index is 13.3. The lowest BCUT2D eigenvalue weighted by atomic mass is 10.0. The number of amides is 3. The van der Waals surface area contributed by atoms with Crippen molar-refractivity contribution in [1.82, 2.24) is 10.2 Å². The standard InChI is InChI=1S/C22H26FN3O2/c1-15-13-18(23)9-10-20(15)16(2)24-22(28)26-12-11-17(14-26)21(27)25(3)19-7-5-4-6-8-19/h4-10,13,16-17H,11-12,14H2,1-3H3,(H,24,28)/t16-,17?/m1/s1. The van der Waals surface area contributed by atoms with E-state index in [1.807, 2.05) is 44.2 Å². The number of halogens is 1. The molecule has 0 radical (unpaired) electrons. The van der Waals surface area contributed by atoms with E-state index in [9.17, 15) is 14.0 Å². The number of nitrogens with one attached hydrogen (secondary N) is 1. The lowest BCUT2D eigenvalue weighted by Gasteiger charge is -2.23. The quantitative estimate of drug-likeness (QED) is 0.871. The molecule has 1 aliphatic rings. The molecule has 1 saturated heterocycles. The van der Waals surface area contributed by atoms with Gasteiger partial charge in [-0.3, -0.25) is 4.79 Å². The SMILES string of the molecule is Cc1cc(F)ccc1[C@@H](C)NC(=O)N1CCC(C(=O)N(C)c2ccccc2)C1. The predicted octanol–water partition coefficient (Wildman–Crippen LogP) is 3.89. The van der Waals surface area contributed by atoms with Gasteiger partial charge in [0, 0.05) is 25.8 Å². The van der Waals surface area contributed by atoms with Crippen molar-refractivity contribution in [2.75, 3.05) is 25.0 Å². The second-order valence-corrected chi connectivity index (χ2v) is 7.34. The van der Waals surface area contributed by atoms with E-state index in [0.717, 1.165) is 16.8 Å². The summed E-state index contributed by atoms with van der Waals surface area (Å²) in [6.45, 7) is 4.64. The maximum absolute atomic E-state index is 13.3. The summed E-state index contributed by atoms with van der Waals surface area (Å²) < 4.78 is 13.3. The van der Waals surface area contributed by atoms with Crippen molar-refractivity contribution in [1.29, 1.82) is 0 Å². The zero-order valence-electron chi connectivity index (χ0n) is 16.5. The minimum Gasteiger partial charge on any atom is -0.331 e. The van der Waals surface area contributed by atoms with Crippen molar-refractivity contribution >= 4 is 17.6 Å². The number of anilines is 1. The summed E-state index contributed by atoms with van der Waals surface area (Å²) in [6.07, 6.45) is 0.646. The van der Waals surface area contributed by atoms with E-state index in [4.69, 9.17) is 0 Å². The highest BCUT2D eigenvalue weighted by molar-refractivity contribution is 5.95. The zero-order valence-corrected chi connectivity index (χ0v) is 16.5. The number of urea groups is 1. The topological polar surface area (TPSA) is 52.7 Å². The first-order valence-electron chi connectivity index (χ1n) is 9.51. The zero-order chi connectivity index (χ0) is 20.3. The highest BCUT2D eigenvalue weighted by atomic mass is 19.1. The van der Waals surface area contributed by atoms with Crippen LogP contribution in [0.1, 0.15) is 30.5 Å². The molecule has 1 aliphatic heterocycles. The molecule has 0 aromatic heterocycles. The molecule has 3 rings (SSSR count). The number of hydrogen-bond donors (Lipinski definition) is 1. The molecule has 3 amide bonds. The largest absolute Gasteiger partial charge is 0.331 e. The molecular weight excluding hydrogens is 357 g/mol. The Morgan fingerprint density at radius 1 is 1.21 bits per heavy atom. The number of aryl methyl sites for hydroxylation is 1. The van der Waals surface area contributed by atoms with Crippen molar-refractivity contribution in [3.63, 3.8) is 0 Å². The van der Waals surface area contributed by atoms with Crippen molar-refractivity contribution in [2.24, 2.45) is 5.92 Å². The fourth-order valence-electron chi connectivity index (χ4n) is 3.68. The van der Waals surface area contributed by atoms with E-state index in [1.165, 1.54) is 12.1 Å². The number of para-hydroxylation sites is 1. The third kappa shape index (κ3) is 4.32. The molecule has 1 N–H and O–H groups in total. The average Bonchev–Trinajstić information content (AvgIpc) is 3.17. The Morgan fingerprint density at radius 3 is 2.61 bits per heavy atom. The first-order chi connectivity index (χ1) is 13.4. The molecule has 28 heavy (non-hydrogen) atoms. The smallest absolute Gasteiger partial charge is 0.317 e. The molecule has 0 spiro atoms. The van der Waals surface area contributed by atoms with Crippen LogP contribution in [0.3, 0.4) is 0 Å². The Balaban J connectivity index is 1.58. The maximum Gasteiger partial charge on any atom is 0.317 e. The number of carbonyl (C=O) groups excluding carboxylic acids is 2. The van der Waals surface area contributed by atoms with Crippen LogP contribution in [0.2, 0.25) is 0 Å². The minimum absolute atomic E-state index is 0.0175. The van der Waals surface area contributed by atoms with Crippen molar-refractivity contribution < 1.29 is 14.0 Å². The van der Waals surface area contributed by atoms with Gasteiger partial charge >= 0.3 is 6.03 Å². The normalized spacial score (nSPS) is 17.3. The summed E-state index contributed by atoms with van der Waals surface area (Å²) in [5.41, 5.74) is 2.52. The Morgan fingerprint density at radius 2 is 1.93 bits per heavy atom. The highest BCUT2D eigenvalue weighted by Crippen LogP contribution is 2.23. The summed E-state index contributed by atoms with van der Waals surface area (Å²) >= 11 is 0. The van der Waals surface area contributed by atoms with Gasteiger partial charge in [-0.25, -0.2) is 9.18 Å². The summed E-state index contributed by atoms with van der Waals surface area (Å²) in [5, 5.41) is 2.96. The number of hydrogen-bond acceptors (Lipinski definition) is 2. The number of likely N-dealkylation sites (tertiary alicyclic amines) is 1. The lowest BCUT2D eigenvalue weighted by molar-refractivity contribution is -0.121. The molecule has 0 saturated carbocycles. The van der Waals surface area contributed by atoms with E-state index in [2.05, 4.69) is 5.32 Å².